The van der Waals surface area contributed by atoms with Crippen LogP contribution in [0.1, 0.15) is 68.2 Å². The smallest absolute Gasteiger partial charge is 0.0271 e. The molecular formula is C16H36Cl2P2+2. The van der Waals surface area contributed by atoms with E-state index in [1.165, 1.54) is 25.2 Å². The first-order valence-corrected chi connectivity index (χ1v) is 14.2. The molecule has 0 heterocycles. The number of hydrogen-bond donors (Lipinski definition) is 0. The molecule has 0 nitrogen and oxygen atoms in total. The molecular weight excluding hydrogens is 325 g/mol. The van der Waals surface area contributed by atoms with E-state index >= 15 is 0 Å². The maximum absolute atomic E-state index is 6.97. The molecule has 0 unspecified atom stereocenters. The van der Waals surface area contributed by atoms with Crippen molar-refractivity contribution in [3.05, 3.63) is 0 Å². The van der Waals surface area contributed by atoms with Gasteiger partial charge in [0.2, 0.25) is 0 Å². The van der Waals surface area contributed by atoms with Crippen molar-refractivity contribution < 1.29 is 0 Å². The minimum atomic E-state index is -1.30. The van der Waals surface area contributed by atoms with Crippen LogP contribution in [0.25, 0.3) is 0 Å². The predicted octanol–water partition coefficient (Wildman–Crippen LogP) is 7.74. The normalized spacial score (nSPS) is 14.1. The minimum Gasteiger partial charge on any atom is -0.0271 e. The highest BCUT2D eigenvalue weighted by Crippen LogP contribution is 2.73. The van der Waals surface area contributed by atoms with E-state index in [1.807, 2.05) is 0 Å². The summed E-state index contributed by atoms with van der Waals surface area (Å²) in [6, 6.07) is 0. The van der Waals surface area contributed by atoms with Crippen LogP contribution in [0.5, 0.6) is 0 Å². The lowest BCUT2D eigenvalue weighted by molar-refractivity contribution is 0.857. The van der Waals surface area contributed by atoms with Gasteiger partial charge in [-0.15, -0.1) is 0 Å². The van der Waals surface area contributed by atoms with Crippen LogP contribution in [0.4, 0.5) is 0 Å². The molecule has 0 amide bonds. The first-order chi connectivity index (χ1) is 8.98. The fraction of sp³-hybridized carbons (Fsp3) is 1.00. The molecule has 0 aliphatic carbocycles. The molecule has 0 aliphatic rings. The van der Waals surface area contributed by atoms with E-state index in [-0.39, 0.29) is 0 Å². The van der Waals surface area contributed by atoms with E-state index in [2.05, 4.69) is 55.4 Å². The van der Waals surface area contributed by atoms with Gasteiger partial charge in [0.05, 0.1) is 57.4 Å². The van der Waals surface area contributed by atoms with Crippen molar-refractivity contribution >= 4 is 35.7 Å². The molecule has 4 heteroatoms. The van der Waals surface area contributed by atoms with Gasteiger partial charge in [-0.1, -0.05) is 0 Å². The number of rotatable bonds is 9. The van der Waals surface area contributed by atoms with Crippen LogP contribution in [-0.2, 0) is 0 Å². The Labute approximate surface area is 139 Å². The van der Waals surface area contributed by atoms with Crippen molar-refractivity contribution in [3.8, 4) is 0 Å². The van der Waals surface area contributed by atoms with E-state index in [0.717, 1.165) is 0 Å². The predicted molar refractivity (Wildman–Crippen MR) is 105 cm³/mol. The summed E-state index contributed by atoms with van der Waals surface area (Å²) in [5.74, 6) is 0. The molecule has 0 fully saturated rings. The van der Waals surface area contributed by atoms with Gasteiger partial charge < -0.3 is 0 Å². The van der Waals surface area contributed by atoms with E-state index in [4.69, 9.17) is 22.5 Å². The van der Waals surface area contributed by atoms with Crippen LogP contribution >= 0.6 is 35.7 Å². The first-order valence-electron chi connectivity index (χ1n) is 8.12. The van der Waals surface area contributed by atoms with E-state index in [1.54, 1.807) is 0 Å². The van der Waals surface area contributed by atoms with Gasteiger partial charge in [-0.3, -0.25) is 0 Å². The van der Waals surface area contributed by atoms with E-state index < -0.39 is 13.2 Å². The maximum Gasteiger partial charge on any atom is 0.118 e. The summed E-state index contributed by atoms with van der Waals surface area (Å²) in [5.41, 5.74) is 2.54. The summed E-state index contributed by atoms with van der Waals surface area (Å²) in [4.78, 5) is 0. The molecule has 0 saturated carbocycles. The Hall–Kier alpha value is 1.44. The van der Waals surface area contributed by atoms with Crippen molar-refractivity contribution in [2.24, 2.45) is 0 Å². The summed E-state index contributed by atoms with van der Waals surface area (Å²) >= 11 is 13.9. The Morgan fingerprint density at radius 3 is 0.900 bits per heavy atom. The highest BCUT2D eigenvalue weighted by Gasteiger charge is 2.45. The fourth-order valence-electron chi connectivity index (χ4n) is 2.93. The minimum absolute atomic E-state index is 0.634. The van der Waals surface area contributed by atoms with Crippen molar-refractivity contribution in [1.29, 1.82) is 0 Å². The van der Waals surface area contributed by atoms with E-state index in [9.17, 15) is 0 Å². The van der Waals surface area contributed by atoms with Crippen LogP contribution in [-0.4, -0.2) is 35.0 Å². The second-order valence-electron chi connectivity index (χ2n) is 7.19. The zero-order chi connectivity index (χ0) is 16.1. The fourth-order valence-corrected chi connectivity index (χ4v) is 9.52. The average Bonchev–Trinajstić information content (AvgIpc) is 2.32. The summed E-state index contributed by atoms with van der Waals surface area (Å²) in [6.07, 6.45) is 4.94. The molecule has 0 aliphatic heterocycles. The van der Waals surface area contributed by atoms with Gasteiger partial charge in [0.25, 0.3) is 0 Å². The number of halogens is 2. The summed E-state index contributed by atoms with van der Waals surface area (Å²) < 4.78 is 0. The lowest BCUT2D eigenvalue weighted by Gasteiger charge is -2.29. The SMILES string of the molecule is CC(C)[P+](Cl)(CCCC[P+](Cl)(C(C)C)C(C)C)C(C)C. The summed E-state index contributed by atoms with van der Waals surface area (Å²) in [6.45, 7) is 15.7. The Kier molecular flexibility index (Phi) is 9.55. The van der Waals surface area contributed by atoms with Crippen molar-refractivity contribution in [1.82, 2.24) is 0 Å². The second-order valence-corrected chi connectivity index (χ2v) is 19.3. The van der Waals surface area contributed by atoms with Crippen molar-refractivity contribution in [2.45, 2.75) is 90.9 Å². The Bertz CT molecular complexity index is 232. The van der Waals surface area contributed by atoms with Crippen LogP contribution in [0.15, 0.2) is 0 Å². The molecule has 0 radical (unpaired) electrons. The van der Waals surface area contributed by atoms with Gasteiger partial charge in [-0.25, -0.2) is 0 Å². The topological polar surface area (TPSA) is 0 Å². The molecule has 0 saturated heterocycles. The van der Waals surface area contributed by atoms with Gasteiger partial charge in [0.15, 0.2) is 0 Å². The molecule has 122 valence electrons. The standard InChI is InChI=1S/C16H36Cl2P2/c1-13(2)19(17,14(3)4)11-9-10-12-20(18,15(5)6)16(7)8/h13-16H,9-12H2,1-8H3/q+2. The van der Waals surface area contributed by atoms with Gasteiger partial charge in [0, 0.05) is 0 Å². The number of hydrogen-bond acceptors (Lipinski definition) is 0. The van der Waals surface area contributed by atoms with E-state index in [0.29, 0.717) is 22.6 Å². The molecule has 0 aromatic carbocycles. The lowest BCUT2D eigenvalue weighted by atomic mass is 10.4. The largest absolute Gasteiger partial charge is 0.118 e. The van der Waals surface area contributed by atoms with Crippen molar-refractivity contribution in [3.63, 3.8) is 0 Å². The highest BCUT2D eigenvalue weighted by atomic mass is 35.7. The highest BCUT2D eigenvalue weighted by molar-refractivity contribution is 8.00. The third-order valence-corrected chi connectivity index (χ3v) is 19.3. The van der Waals surface area contributed by atoms with Gasteiger partial charge in [-0.2, -0.15) is 0 Å². The maximum atomic E-state index is 6.97. The van der Waals surface area contributed by atoms with Crippen molar-refractivity contribution in [2.75, 3.05) is 12.3 Å². The molecule has 0 bridgehead atoms. The molecule has 0 rings (SSSR count). The Balaban J connectivity index is 4.44. The summed E-state index contributed by atoms with van der Waals surface area (Å²) in [5, 5.41) is 0. The van der Waals surface area contributed by atoms with Gasteiger partial charge >= 0.3 is 0 Å². The lowest BCUT2D eigenvalue weighted by Crippen LogP contribution is -2.16. The Morgan fingerprint density at radius 2 is 0.750 bits per heavy atom. The zero-order valence-corrected chi connectivity index (χ0v) is 18.1. The van der Waals surface area contributed by atoms with Crippen LogP contribution in [0, 0.1) is 0 Å². The molecule has 0 aromatic heterocycles. The molecule has 0 spiro atoms. The zero-order valence-electron chi connectivity index (χ0n) is 14.8. The van der Waals surface area contributed by atoms with Gasteiger partial charge in [0.1, 0.15) is 13.2 Å². The third-order valence-electron chi connectivity index (χ3n) is 4.69. The molecule has 0 N–H and O–H groups in total. The first kappa shape index (κ1) is 21.4. The van der Waals surface area contributed by atoms with Crippen LogP contribution < -0.4 is 0 Å². The quantitative estimate of drug-likeness (QED) is 0.291. The summed E-state index contributed by atoms with van der Waals surface area (Å²) in [7, 11) is 0. The number of unbranched alkanes of at least 4 members (excludes halogenated alkanes) is 1. The Morgan fingerprint density at radius 1 is 0.550 bits per heavy atom. The average molecular weight is 361 g/mol. The molecule has 0 aromatic rings. The molecule has 20 heavy (non-hydrogen) atoms. The third kappa shape index (κ3) is 5.57. The van der Waals surface area contributed by atoms with Crippen LogP contribution in [0.2, 0.25) is 0 Å². The van der Waals surface area contributed by atoms with Gasteiger partial charge in [-0.05, 0) is 68.2 Å². The second kappa shape index (κ2) is 8.91. The monoisotopic (exact) mass is 360 g/mol. The van der Waals surface area contributed by atoms with Crippen LogP contribution in [0.3, 0.4) is 0 Å². The molecule has 0 atom stereocenters.